The maximum Gasteiger partial charge on any atom is 0.319 e. The zero-order chi connectivity index (χ0) is 17.6. The van der Waals surface area contributed by atoms with Gasteiger partial charge in [-0.1, -0.05) is 41.4 Å². The average molecular weight is 396 g/mol. The second-order valence-corrected chi connectivity index (χ2v) is 7.70. The van der Waals surface area contributed by atoms with E-state index in [0.717, 1.165) is 35.8 Å². The number of nitrogens with one attached hydrogen (secondary N) is 2. The number of thioether (sulfide) groups is 1. The van der Waals surface area contributed by atoms with Gasteiger partial charge < -0.3 is 15.5 Å². The van der Waals surface area contributed by atoms with Crippen LogP contribution in [0.15, 0.2) is 42.5 Å². The van der Waals surface area contributed by atoms with E-state index >= 15 is 0 Å². The minimum absolute atomic E-state index is 0.293. The van der Waals surface area contributed by atoms with Gasteiger partial charge in [0.05, 0.1) is 10.7 Å². The minimum Gasteiger partial charge on any atom is -0.369 e. The number of hydrogen-bond acceptors (Lipinski definition) is 3. The fraction of sp³-hybridized carbons (Fsp3) is 0.278. The van der Waals surface area contributed by atoms with Gasteiger partial charge >= 0.3 is 6.03 Å². The number of carbonyl (C=O) groups is 1. The number of carbonyl (C=O) groups excluding carboxylic acids is 1. The van der Waals surface area contributed by atoms with Crippen LogP contribution in [0.1, 0.15) is 5.56 Å². The number of benzene rings is 2. The molecule has 0 aromatic heterocycles. The summed E-state index contributed by atoms with van der Waals surface area (Å²) >= 11 is 14.4. The number of rotatable bonds is 4. The van der Waals surface area contributed by atoms with Gasteiger partial charge in [-0.15, -0.1) is 0 Å². The predicted molar refractivity (Wildman–Crippen MR) is 108 cm³/mol. The van der Waals surface area contributed by atoms with Crippen LogP contribution in [0.25, 0.3) is 0 Å². The van der Waals surface area contributed by atoms with Crippen molar-refractivity contribution in [3.05, 3.63) is 58.1 Å². The molecule has 25 heavy (non-hydrogen) atoms. The maximum atomic E-state index is 12.1. The second-order valence-electron chi connectivity index (χ2n) is 5.66. The van der Waals surface area contributed by atoms with Crippen molar-refractivity contribution in [1.82, 2.24) is 5.32 Å². The molecule has 0 bridgehead atoms. The molecular weight excluding hydrogens is 377 g/mol. The van der Waals surface area contributed by atoms with Gasteiger partial charge in [0.25, 0.3) is 0 Å². The van der Waals surface area contributed by atoms with Gasteiger partial charge in [0, 0.05) is 41.8 Å². The molecule has 4 nitrogen and oxygen atoms in total. The van der Waals surface area contributed by atoms with Crippen LogP contribution in [0.3, 0.4) is 0 Å². The lowest BCUT2D eigenvalue weighted by atomic mass is 10.2. The molecule has 1 heterocycles. The van der Waals surface area contributed by atoms with E-state index in [9.17, 15) is 4.79 Å². The van der Waals surface area contributed by atoms with Crippen LogP contribution in [-0.4, -0.2) is 30.6 Å². The lowest BCUT2D eigenvalue weighted by Gasteiger charge is -2.29. The normalized spacial score (nSPS) is 14.2. The molecule has 0 atom stereocenters. The zero-order valence-corrected chi connectivity index (χ0v) is 15.9. The lowest BCUT2D eigenvalue weighted by Crippen LogP contribution is -2.32. The Kier molecular flexibility index (Phi) is 6.34. The molecule has 0 aliphatic carbocycles. The van der Waals surface area contributed by atoms with Crippen LogP contribution >= 0.6 is 35.0 Å². The third kappa shape index (κ3) is 4.97. The van der Waals surface area contributed by atoms with Crippen LogP contribution in [0.5, 0.6) is 0 Å². The van der Waals surface area contributed by atoms with E-state index in [1.54, 1.807) is 12.1 Å². The highest BCUT2D eigenvalue weighted by Crippen LogP contribution is 2.30. The fourth-order valence-electron chi connectivity index (χ4n) is 2.64. The molecule has 3 rings (SSSR count). The van der Waals surface area contributed by atoms with Crippen molar-refractivity contribution in [3.63, 3.8) is 0 Å². The molecule has 2 aromatic rings. The van der Waals surface area contributed by atoms with Gasteiger partial charge in [0.2, 0.25) is 0 Å². The molecule has 2 aromatic carbocycles. The first-order valence-electron chi connectivity index (χ1n) is 8.04. The summed E-state index contributed by atoms with van der Waals surface area (Å²) in [5, 5.41) is 6.88. The van der Waals surface area contributed by atoms with Crippen molar-refractivity contribution in [2.24, 2.45) is 0 Å². The van der Waals surface area contributed by atoms with E-state index in [1.807, 2.05) is 42.1 Å². The third-order valence-electron chi connectivity index (χ3n) is 3.95. The molecule has 0 unspecified atom stereocenters. The van der Waals surface area contributed by atoms with Crippen molar-refractivity contribution >= 4 is 52.4 Å². The zero-order valence-electron chi connectivity index (χ0n) is 13.6. The molecule has 1 aliphatic heterocycles. The summed E-state index contributed by atoms with van der Waals surface area (Å²) in [4.78, 5) is 14.4. The summed E-state index contributed by atoms with van der Waals surface area (Å²) in [6.45, 7) is 2.35. The summed E-state index contributed by atoms with van der Waals surface area (Å²) < 4.78 is 0. The van der Waals surface area contributed by atoms with Crippen molar-refractivity contribution in [2.75, 3.05) is 34.8 Å². The van der Waals surface area contributed by atoms with E-state index in [2.05, 4.69) is 15.5 Å². The Balaban J connectivity index is 1.58. The number of halogens is 2. The second kappa shape index (κ2) is 8.70. The molecule has 0 radical (unpaired) electrons. The molecule has 1 saturated heterocycles. The maximum absolute atomic E-state index is 12.1. The third-order valence-corrected chi connectivity index (χ3v) is 5.57. The Bertz CT molecular complexity index is 751. The lowest BCUT2D eigenvalue weighted by molar-refractivity contribution is 0.252. The number of hydrogen-bond donors (Lipinski definition) is 2. The van der Waals surface area contributed by atoms with Crippen molar-refractivity contribution in [1.29, 1.82) is 0 Å². The standard InChI is InChI=1S/C18H19Cl2N3OS/c19-15-4-2-1-3-13(15)12-21-18(24)22-14-5-6-17(16(20)11-14)23-7-9-25-10-8-23/h1-6,11H,7-10,12H2,(H2,21,22,24). The number of nitrogens with zero attached hydrogens (tertiary/aromatic N) is 1. The Labute approximate surface area is 161 Å². The van der Waals surface area contributed by atoms with Crippen molar-refractivity contribution in [3.8, 4) is 0 Å². The smallest absolute Gasteiger partial charge is 0.319 e. The highest BCUT2D eigenvalue weighted by Gasteiger charge is 2.14. The molecule has 0 saturated carbocycles. The Morgan fingerprint density at radius 2 is 1.84 bits per heavy atom. The monoisotopic (exact) mass is 395 g/mol. The van der Waals surface area contributed by atoms with E-state index in [0.29, 0.717) is 22.3 Å². The molecular formula is C18H19Cl2N3OS. The van der Waals surface area contributed by atoms with Gasteiger partial charge in [0.1, 0.15) is 0 Å². The highest BCUT2D eigenvalue weighted by molar-refractivity contribution is 7.99. The largest absolute Gasteiger partial charge is 0.369 e. The van der Waals surface area contributed by atoms with E-state index < -0.39 is 0 Å². The number of anilines is 2. The predicted octanol–water partition coefficient (Wildman–Crippen LogP) is 4.87. The summed E-state index contributed by atoms with van der Waals surface area (Å²) in [5.41, 5.74) is 2.55. The molecule has 2 N–H and O–H groups in total. The Morgan fingerprint density at radius 3 is 2.56 bits per heavy atom. The van der Waals surface area contributed by atoms with Gasteiger partial charge in [-0.25, -0.2) is 4.79 Å². The summed E-state index contributed by atoms with van der Waals surface area (Å²) in [6.07, 6.45) is 0. The number of urea groups is 1. The van der Waals surface area contributed by atoms with E-state index in [-0.39, 0.29) is 6.03 Å². The van der Waals surface area contributed by atoms with Gasteiger partial charge in [0.15, 0.2) is 0 Å². The SMILES string of the molecule is O=C(NCc1ccccc1Cl)Nc1ccc(N2CCSCC2)c(Cl)c1. The quantitative estimate of drug-likeness (QED) is 0.775. The van der Waals surface area contributed by atoms with Crippen LogP contribution in [0, 0.1) is 0 Å². The van der Waals surface area contributed by atoms with E-state index in [1.165, 1.54) is 0 Å². The fourth-order valence-corrected chi connectivity index (χ4v) is 4.04. The topological polar surface area (TPSA) is 44.4 Å². The van der Waals surface area contributed by atoms with Gasteiger partial charge in [-0.2, -0.15) is 11.8 Å². The molecule has 0 spiro atoms. The Morgan fingerprint density at radius 1 is 1.08 bits per heavy atom. The molecule has 132 valence electrons. The first-order valence-corrected chi connectivity index (χ1v) is 9.95. The van der Waals surface area contributed by atoms with Crippen LogP contribution in [0.2, 0.25) is 10.0 Å². The van der Waals surface area contributed by atoms with Crippen LogP contribution < -0.4 is 15.5 Å². The van der Waals surface area contributed by atoms with Crippen molar-refractivity contribution in [2.45, 2.75) is 6.54 Å². The Hall–Kier alpha value is -1.56. The average Bonchev–Trinajstić information content (AvgIpc) is 2.62. The first-order chi connectivity index (χ1) is 12.1. The van der Waals surface area contributed by atoms with Gasteiger partial charge in [-0.05, 0) is 29.8 Å². The first kappa shape index (κ1) is 18.2. The number of amides is 2. The molecule has 1 aliphatic rings. The van der Waals surface area contributed by atoms with Crippen LogP contribution in [-0.2, 0) is 6.54 Å². The summed E-state index contributed by atoms with van der Waals surface area (Å²) in [7, 11) is 0. The summed E-state index contributed by atoms with van der Waals surface area (Å²) in [6, 6.07) is 12.8. The highest BCUT2D eigenvalue weighted by atomic mass is 35.5. The van der Waals surface area contributed by atoms with Gasteiger partial charge in [-0.3, -0.25) is 0 Å². The minimum atomic E-state index is -0.293. The summed E-state index contributed by atoms with van der Waals surface area (Å²) in [5.74, 6) is 2.22. The van der Waals surface area contributed by atoms with E-state index in [4.69, 9.17) is 23.2 Å². The molecule has 1 fully saturated rings. The van der Waals surface area contributed by atoms with Crippen LogP contribution in [0.4, 0.5) is 16.2 Å². The molecule has 2 amide bonds. The van der Waals surface area contributed by atoms with Crippen molar-refractivity contribution < 1.29 is 4.79 Å². The molecule has 7 heteroatoms.